The van der Waals surface area contributed by atoms with Crippen molar-refractivity contribution in [2.24, 2.45) is 9.98 Å². The fourth-order valence-corrected chi connectivity index (χ4v) is 5.81. The molecule has 0 unspecified atom stereocenters. The van der Waals surface area contributed by atoms with Crippen LogP contribution in [0.15, 0.2) is 88.4 Å². The summed E-state index contributed by atoms with van der Waals surface area (Å²) < 4.78 is 16.7. The van der Waals surface area contributed by atoms with Crippen LogP contribution < -0.4 is 19.5 Å². The van der Waals surface area contributed by atoms with Gasteiger partial charge in [0.05, 0.1) is 43.6 Å². The number of halogens is 2. The molecular formula is C32H30Cl2N4O4. The highest BCUT2D eigenvalue weighted by molar-refractivity contribution is 6.43. The molecule has 3 aliphatic heterocycles. The second-order valence-electron chi connectivity index (χ2n) is 9.64. The molecule has 3 heterocycles. The van der Waals surface area contributed by atoms with Crippen molar-refractivity contribution in [3.8, 4) is 17.2 Å². The Balaban J connectivity index is 1.55. The second-order valence-corrected chi connectivity index (χ2v) is 10.4. The molecule has 0 saturated carbocycles. The molecule has 3 aliphatic rings. The minimum Gasteiger partial charge on any atom is -0.496 e. The topological polar surface area (TPSA) is 84.8 Å². The number of nitrogens with zero attached hydrogens (tertiary/aromatic N) is 3. The molecule has 0 radical (unpaired) electrons. The van der Waals surface area contributed by atoms with Crippen LogP contribution in [0.2, 0.25) is 10.0 Å². The maximum Gasteiger partial charge on any atom is 0.247 e. The number of methoxy groups -OCH3 is 3. The highest BCUT2D eigenvalue weighted by atomic mass is 35.5. The Morgan fingerprint density at radius 2 is 1.83 bits per heavy atom. The van der Waals surface area contributed by atoms with Crippen LogP contribution in [0, 0.1) is 0 Å². The lowest BCUT2D eigenvalue weighted by atomic mass is 9.97. The van der Waals surface area contributed by atoms with Gasteiger partial charge in [0.1, 0.15) is 17.2 Å². The van der Waals surface area contributed by atoms with Gasteiger partial charge in [0, 0.05) is 70.5 Å². The van der Waals surface area contributed by atoms with Crippen molar-refractivity contribution in [3.05, 3.63) is 99.6 Å². The number of nitrogens with one attached hydrogen (secondary N) is 1. The van der Waals surface area contributed by atoms with Gasteiger partial charge in [-0.05, 0) is 43.2 Å². The number of allylic oxidation sites excluding steroid dienone is 5. The van der Waals surface area contributed by atoms with E-state index in [0.717, 1.165) is 46.7 Å². The van der Waals surface area contributed by atoms with E-state index in [2.05, 4.69) is 27.9 Å². The molecule has 0 aliphatic carbocycles. The molecule has 5 rings (SSSR count). The molecule has 0 spiro atoms. The summed E-state index contributed by atoms with van der Waals surface area (Å²) in [6.45, 7) is 4.07. The summed E-state index contributed by atoms with van der Waals surface area (Å²) in [5.74, 6) is 1.33. The third-order valence-electron chi connectivity index (χ3n) is 7.17. The smallest absolute Gasteiger partial charge is 0.247 e. The minimum absolute atomic E-state index is 0.280. The normalized spacial score (nSPS) is 17.8. The zero-order valence-electron chi connectivity index (χ0n) is 23.5. The number of benzene rings is 2. The standard InChI is InChI=1S/C32H30Cl2N4O4/c1-5-29(39)37-22-9-10-26(40-2)19(14-22)13-21-7-6-8-25-20(17-36-21)15-23(24-18-38(25)12-11-35-24)30-31(33)27(41-3)16-28(42-4)32(30)34/h5,7,9-12,14-17H,1,6,8,13,18H2,2-4H3,(H,37,39)/b21-7-,36-17-. The van der Waals surface area contributed by atoms with Gasteiger partial charge in [-0.2, -0.15) is 0 Å². The van der Waals surface area contributed by atoms with Crippen LogP contribution >= 0.6 is 23.2 Å². The summed E-state index contributed by atoms with van der Waals surface area (Å²) in [7, 11) is 4.73. The lowest BCUT2D eigenvalue weighted by molar-refractivity contribution is -0.111. The predicted molar refractivity (Wildman–Crippen MR) is 169 cm³/mol. The van der Waals surface area contributed by atoms with Crippen LogP contribution in [0.5, 0.6) is 17.2 Å². The summed E-state index contributed by atoms with van der Waals surface area (Å²) in [6.07, 6.45) is 13.1. The molecule has 2 aromatic carbocycles. The van der Waals surface area contributed by atoms with Gasteiger partial charge in [0.2, 0.25) is 5.91 Å². The Morgan fingerprint density at radius 3 is 2.52 bits per heavy atom. The van der Waals surface area contributed by atoms with Gasteiger partial charge in [-0.3, -0.25) is 14.8 Å². The van der Waals surface area contributed by atoms with E-state index < -0.39 is 0 Å². The third-order valence-corrected chi connectivity index (χ3v) is 7.92. The molecule has 1 N–H and O–H groups in total. The number of amides is 1. The summed E-state index contributed by atoms with van der Waals surface area (Å²) >= 11 is 13.7. The Hall–Kier alpha value is -4.27. The molecule has 0 atom stereocenters. The minimum atomic E-state index is -0.280. The number of hydrogen-bond acceptors (Lipinski definition) is 7. The van der Waals surface area contributed by atoms with Crippen LogP contribution in [0.1, 0.15) is 24.0 Å². The largest absolute Gasteiger partial charge is 0.496 e. The zero-order chi connectivity index (χ0) is 29.8. The van der Waals surface area contributed by atoms with Crippen molar-refractivity contribution >= 4 is 52.3 Å². The lowest BCUT2D eigenvalue weighted by Crippen LogP contribution is -2.27. The van der Waals surface area contributed by atoms with Gasteiger partial charge in [-0.15, -0.1) is 0 Å². The number of carbonyl (C=O) groups is 1. The molecule has 0 fully saturated rings. The molecule has 42 heavy (non-hydrogen) atoms. The zero-order valence-corrected chi connectivity index (χ0v) is 25.1. The summed E-state index contributed by atoms with van der Waals surface area (Å²) in [5, 5.41) is 3.56. The number of aliphatic imine (C=N–C) groups is 2. The number of ether oxygens (including phenoxy) is 3. The molecular weight excluding hydrogens is 575 g/mol. The van der Waals surface area contributed by atoms with E-state index in [1.807, 2.05) is 30.6 Å². The Kier molecular flexibility index (Phi) is 8.85. The van der Waals surface area contributed by atoms with Gasteiger partial charge in [0.25, 0.3) is 0 Å². The molecule has 0 saturated heterocycles. The molecule has 2 aromatic rings. The van der Waals surface area contributed by atoms with Crippen molar-refractivity contribution in [1.29, 1.82) is 0 Å². The average molecular weight is 606 g/mol. The number of anilines is 1. The second kappa shape index (κ2) is 12.7. The van der Waals surface area contributed by atoms with Crippen LogP contribution in [-0.2, 0) is 11.2 Å². The first kappa shape index (κ1) is 29.2. The average Bonchev–Trinajstić information content (AvgIpc) is 3.08. The predicted octanol–water partition coefficient (Wildman–Crippen LogP) is 7.01. The molecule has 8 nitrogen and oxygen atoms in total. The lowest BCUT2D eigenvalue weighted by Gasteiger charge is -2.26. The fraction of sp³-hybridized carbons (Fsp3) is 0.219. The van der Waals surface area contributed by atoms with Crippen LogP contribution in [-0.4, -0.2) is 50.6 Å². The number of rotatable bonds is 8. The molecule has 0 aromatic heterocycles. The van der Waals surface area contributed by atoms with Gasteiger partial charge in [0.15, 0.2) is 0 Å². The fourth-order valence-electron chi connectivity index (χ4n) is 5.11. The van der Waals surface area contributed by atoms with Gasteiger partial charge < -0.3 is 24.4 Å². The monoisotopic (exact) mass is 604 g/mol. The van der Waals surface area contributed by atoms with Crippen molar-refractivity contribution in [2.75, 3.05) is 33.2 Å². The van der Waals surface area contributed by atoms with Crippen molar-refractivity contribution < 1.29 is 19.0 Å². The first-order chi connectivity index (χ1) is 20.4. The van der Waals surface area contributed by atoms with E-state index in [1.54, 1.807) is 39.7 Å². The highest BCUT2D eigenvalue weighted by Crippen LogP contribution is 2.45. The molecule has 1 amide bonds. The van der Waals surface area contributed by atoms with Crippen LogP contribution in [0.3, 0.4) is 0 Å². The van der Waals surface area contributed by atoms with Crippen molar-refractivity contribution in [3.63, 3.8) is 0 Å². The van der Waals surface area contributed by atoms with Crippen LogP contribution in [0.25, 0.3) is 5.57 Å². The van der Waals surface area contributed by atoms with E-state index >= 15 is 0 Å². The summed E-state index contributed by atoms with van der Waals surface area (Å²) in [6, 6.07) is 7.19. The molecule has 216 valence electrons. The van der Waals surface area contributed by atoms with E-state index in [-0.39, 0.29) is 5.91 Å². The Morgan fingerprint density at radius 1 is 1.10 bits per heavy atom. The highest BCUT2D eigenvalue weighted by Gasteiger charge is 2.29. The van der Waals surface area contributed by atoms with E-state index in [9.17, 15) is 4.79 Å². The SMILES string of the molecule is C=CC(=O)Nc1ccc(OC)c(CC2=C/CCC3=C(C=C(c4c(Cl)c(OC)cc(OC)c4Cl)C4=NC=CN3C4)/C=N\2)c1. The summed E-state index contributed by atoms with van der Waals surface area (Å²) in [4.78, 5) is 23.6. The van der Waals surface area contributed by atoms with Crippen molar-refractivity contribution in [2.45, 2.75) is 19.3 Å². The number of carbonyl (C=O) groups excluding carboxylic acids is 1. The van der Waals surface area contributed by atoms with E-state index in [4.69, 9.17) is 42.4 Å². The maximum absolute atomic E-state index is 11.9. The van der Waals surface area contributed by atoms with E-state index in [1.165, 1.54) is 6.08 Å². The first-order valence-corrected chi connectivity index (χ1v) is 14.0. The van der Waals surface area contributed by atoms with Gasteiger partial charge in [-0.1, -0.05) is 35.9 Å². The quantitative estimate of drug-likeness (QED) is 0.327. The molecule has 10 heteroatoms. The maximum atomic E-state index is 11.9. The van der Waals surface area contributed by atoms with Crippen LogP contribution in [0.4, 0.5) is 5.69 Å². The first-order valence-electron chi connectivity index (χ1n) is 13.3. The summed E-state index contributed by atoms with van der Waals surface area (Å²) in [5.41, 5.74) is 6.63. The van der Waals surface area contributed by atoms with Crippen molar-refractivity contribution in [1.82, 2.24) is 4.90 Å². The van der Waals surface area contributed by atoms with Gasteiger partial charge >= 0.3 is 0 Å². The number of hydrogen-bond donors (Lipinski definition) is 1. The van der Waals surface area contributed by atoms with E-state index in [0.29, 0.717) is 51.5 Å². The van der Waals surface area contributed by atoms with Gasteiger partial charge in [-0.25, -0.2) is 0 Å². The number of fused-ring (bicyclic) bond motifs is 3. The molecule has 2 bridgehead atoms. The Bertz CT molecular complexity index is 1610. The Labute approximate surface area is 255 Å². The third kappa shape index (κ3) is 5.86.